The van der Waals surface area contributed by atoms with Gasteiger partial charge >= 0.3 is 74.0 Å². The zero-order valence-corrected chi connectivity index (χ0v) is 8.20. The van der Waals surface area contributed by atoms with Crippen LogP contribution in [-0.2, 0) is 0 Å². The molecule has 0 saturated heterocycles. The molecule has 0 aromatic heterocycles. The topological polar surface area (TPSA) is 0 Å². The second-order valence-corrected chi connectivity index (χ2v) is 3.02. The van der Waals surface area contributed by atoms with Gasteiger partial charge in [0.2, 0.25) is 0 Å². The first kappa shape index (κ1) is 7.89. The monoisotopic (exact) mass is 211 g/mol. The normalized spacial score (nSPS) is 10.6. The predicted octanol–water partition coefficient (Wildman–Crippen LogP) is 2.48. The molecule has 0 aliphatic heterocycles. The molecule has 0 amide bonds. The standard InChI is InChI=1S/C8H6ClGe/c9-8-3-1-7(2-4-8)5-6-10/h1-6H. The number of hydrogen-bond donors (Lipinski definition) is 0. The van der Waals surface area contributed by atoms with Crippen LogP contribution < -0.4 is 0 Å². The summed E-state index contributed by atoms with van der Waals surface area (Å²) in [6.45, 7) is 0. The van der Waals surface area contributed by atoms with Crippen molar-refractivity contribution in [3.8, 4) is 0 Å². The Kier molecular flexibility index (Phi) is 3.03. The third kappa shape index (κ3) is 2.20. The Morgan fingerprint density at radius 3 is 2.30 bits per heavy atom. The van der Waals surface area contributed by atoms with Gasteiger partial charge in [-0.15, -0.1) is 0 Å². The van der Waals surface area contributed by atoms with Crippen LogP contribution in [0.15, 0.2) is 29.2 Å². The van der Waals surface area contributed by atoms with E-state index in [1.54, 1.807) is 0 Å². The summed E-state index contributed by atoms with van der Waals surface area (Å²) in [6, 6.07) is 7.75. The van der Waals surface area contributed by atoms with Crippen LogP contribution in [-0.4, -0.2) is 16.5 Å². The molecule has 0 atom stereocenters. The van der Waals surface area contributed by atoms with E-state index in [0.717, 1.165) is 5.02 Å². The maximum atomic E-state index is 5.69. The summed E-state index contributed by atoms with van der Waals surface area (Å²) < 4.78 is 0. The van der Waals surface area contributed by atoms with Crippen LogP contribution in [0.2, 0.25) is 5.02 Å². The predicted molar refractivity (Wildman–Crippen MR) is 46.2 cm³/mol. The molecule has 1 aromatic rings. The van der Waals surface area contributed by atoms with Gasteiger partial charge in [-0.3, -0.25) is 0 Å². The zero-order chi connectivity index (χ0) is 7.40. The average molecular weight is 210 g/mol. The summed E-state index contributed by atoms with van der Waals surface area (Å²) in [6.07, 6.45) is 2.04. The fourth-order valence-corrected chi connectivity index (χ4v) is 1.20. The maximum absolute atomic E-state index is 5.69. The van der Waals surface area contributed by atoms with Crippen molar-refractivity contribution in [2.45, 2.75) is 0 Å². The summed E-state index contributed by atoms with van der Waals surface area (Å²) in [7, 11) is 0. The molecule has 49 valence electrons. The first-order valence-corrected chi connectivity index (χ1v) is 4.51. The van der Waals surface area contributed by atoms with Crippen molar-refractivity contribution in [1.82, 2.24) is 0 Å². The van der Waals surface area contributed by atoms with Crippen LogP contribution in [0.3, 0.4) is 0 Å². The molecular formula is C8H6ClGe. The summed E-state index contributed by atoms with van der Waals surface area (Å²) >= 11 is 7.68. The molecule has 0 aliphatic rings. The van der Waals surface area contributed by atoms with Crippen molar-refractivity contribution in [2.75, 3.05) is 0 Å². The van der Waals surface area contributed by atoms with Gasteiger partial charge in [0.1, 0.15) is 0 Å². The Labute approximate surface area is 74.1 Å². The fourth-order valence-electron chi connectivity index (χ4n) is 0.670. The molecule has 1 rings (SSSR count). The van der Waals surface area contributed by atoms with Gasteiger partial charge in [0.15, 0.2) is 0 Å². The van der Waals surface area contributed by atoms with Gasteiger partial charge in [-0.2, -0.15) is 0 Å². The van der Waals surface area contributed by atoms with E-state index in [0.29, 0.717) is 0 Å². The zero-order valence-electron chi connectivity index (χ0n) is 5.34. The van der Waals surface area contributed by atoms with Crippen molar-refractivity contribution < 1.29 is 0 Å². The Balaban J connectivity index is 2.89. The average Bonchev–Trinajstić information content (AvgIpc) is 1.95. The van der Waals surface area contributed by atoms with Crippen LogP contribution in [0.25, 0.3) is 6.08 Å². The van der Waals surface area contributed by atoms with E-state index in [4.69, 9.17) is 11.6 Å². The van der Waals surface area contributed by atoms with E-state index in [2.05, 4.69) is 0 Å². The molecule has 3 radical (unpaired) electrons. The van der Waals surface area contributed by atoms with E-state index >= 15 is 0 Å². The van der Waals surface area contributed by atoms with E-state index in [-0.39, 0.29) is 0 Å². The molecular weight excluding hydrogens is 204 g/mol. The van der Waals surface area contributed by atoms with E-state index in [1.807, 2.05) is 51.8 Å². The van der Waals surface area contributed by atoms with E-state index in [9.17, 15) is 0 Å². The van der Waals surface area contributed by atoms with Crippen LogP contribution in [0.1, 0.15) is 5.56 Å². The molecule has 0 fully saturated rings. The minimum absolute atomic E-state index is 0.785. The molecule has 0 unspecified atom stereocenters. The van der Waals surface area contributed by atoms with E-state index < -0.39 is 0 Å². The first-order chi connectivity index (χ1) is 4.83. The molecule has 1 aromatic carbocycles. The Morgan fingerprint density at radius 1 is 1.20 bits per heavy atom. The number of hydrogen-bond acceptors (Lipinski definition) is 0. The second kappa shape index (κ2) is 3.84. The summed E-state index contributed by atoms with van der Waals surface area (Å²) in [5.74, 6) is 0. The second-order valence-electron chi connectivity index (χ2n) is 1.88. The molecule has 2 heteroatoms. The summed E-state index contributed by atoms with van der Waals surface area (Å²) in [4.78, 5) is 2.00. The van der Waals surface area contributed by atoms with Gasteiger partial charge in [0, 0.05) is 0 Å². The van der Waals surface area contributed by atoms with Crippen molar-refractivity contribution in [2.24, 2.45) is 0 Å². The molecule has 0 N–H and O–H groups in total. The van der Waals surface area contributed by atoms with Crippen molar-refractivity contribution in [1.29, 1.82) is 0 Å². The third-order valence-corrected chi connectivity index (χ3v) is 1.75. The van der Waals surface area contributed by atoms with Crippen molar-refractivity contribution in [3.05, 3.63) is 39.8 Å². The van der Waals surface area contributed by atoms with Gasteiger partial charge < -0.3 is 0 Å². The SMILES string of the molecule is Clc1ccc(C=[CH][Ge])cc1. The van der Waals surface area contributed by atoms with Crippen LogP contribution in [0.5, 0.6) is 0 Å². The first-order valence-electron chi connectivity index (χ1n) is 2.92. The van der Waals surface area contributed by atoms with Gasteiger partial charge in [-0.25, -0.2) is 0 Å². The number of rotatable bonds is 1. The Bertz CT molecular complexity index is 226. The molecule has 0 spiro atoms. The summed E-state index contributed by atoms with van der Waals surface area (Å²) in [5.41, 5.74) is 1.19. The third-order valence-electron chi connectivity index (χ3n) is 1.15. The molecule has 0 bridgehead atoms. The fraction of sp³-hybridized carbons (Fsp3) is 0. The molecule has 0 aliphatic carbocycles. The molecule has 10 heavy (non-hydrogen) atoms. The quantitative estimate of drug-likeness (QED) is 0.625. The van der Waals surface area contributed by atoms with Gasteiger partial charge in [-0.05, 0) is 0 Å². The van der Waals surface area contributed by atoms with E-state index in [1.165, 1.54) is 5.56 Å². The number of halogens is 1. The number of benzene rings is 1. The van der Waals surface area contributed by atoms with Gasteiger partial charge in [-0.1, -0.05) is 0 Å². The molecule has 0 nitrogen and oxygen atoms in total. The van der Waals surface area contributed by atoms with Crippen molar-refractivity contribution in [3.63, 3.8) is 0 Å². The Hall–Kier alpha value is -0.207. The molecule has 0 heterocycles. The summed E-state index contributed by atoms with van der Waals surface area (Å²) in [5, 5.41) is 0.785. The van der Waals surface area contributed by atoms with Gasteiger partial charge in [0.05, 0.1) is 0 Å². The van der Waals surface area contributed by atoms with Crippen LogP contribution in [0.4, 0.5) is 0 Å². The minimum atomic E-state index is 0.785. The van der Waals surface area contributed by atoms with Crippen molar-refractivity contribution >= 4 is 34.2 Å². The molecule has 0 saturated carbocycles. The van der Waals surface area contributed by atoms with Crippen LogP contribution in [0, 0.1) is 0 Å². The van der Waals surface area contributed by atoms with Gasteiger partial charge in [0.25, 0.3) is 0 Å². The Morgan fingerprint density at radius 2 is 1.80 bits per heavy atom. The van der Waals surface area contributed by atoms with Crippen LogP contribution >= 0.6 is 11.6 Å².